The Bertz CT molecular complexity index is 786. The minimum atomic E-state index is -0.977. The number of anilines is 2. The Labute approximate surface area is 116 Å². The highest BCUT2D eigenvalue weighted by Gasteiger charge is 2.08. The van der Waals surface area contributed by atoms with Crippen molar-refractivity contribution in [1.29, 1.82) is 0 Å². The number of hydrogen-bond donors (Lipinski definition) is 2. The Morgan fingerprint density at radius 1 is 1.30 bits per heavy atom. The Morgan fingerprint density at radius 3 is 2.85 bits per heavy atom. The van der Waals surface area contributed by atoms with Gasteiger partial charge in [0.05, 0.1) is 22.0 Å². The number of pyridine rings is 1. The van der Waals surface area contributed by atoms with Gasteiger partial charge in [-0.3, -0.25) is 0 Å². The van der Waals surface area contributed by atoms with Crippen LogP contribution < -0.4 is 5.32 Å². The van der Waals surface area contributed by atoms with E-state index in [9.17, 15) is 9.18 Å². The number of carboxylic acid groups (broad SMARTS) is 1. The smallest absolute Gasteiger partial charge is 0.335 e. The summed E-state index contributed by atoms with van der Waals surface area (Å²) in [6.07, 6.45) is 1.11. The third kappa shape index (κ3) is 2.43. The molecule has 0 aliphatic heterocycles. The van der Waals surface area contributed by atoms with Crippen molar-refractivity contribution in [3.63, 3.8) is 0 Å². The minimum Gasteiger partial charge on any atom is -0.478 e. The summed E-state index contributed by atoms with van der Waals surface area (Å²) in [6, 6.07) is 7.52. The first kappa shape index (κ1) is 12.5. The van der Waals surface area contributed by atoms with E-state index in [2.05, 4.69) is 15.3 Å². The van der Waals surface area contributed by atoms with Gasteiger partial charge in [-0.25, -0.2) is 19.2 Å². The van der Waals surface area contributed by atoms with E-state index in [-0.39, 0.29) is 5.56 Å². The van der Waals surface area contributed by atoms with Crippen LogP contribution in [0.3, 0.4) is 0 Å². The van der Waals surface area contributed by atoms with Crippen LogP contribution in [0.15, 0.2) is 36.5 Å². The van der Waals surface area contributed by atoms with Crippen molar-refractivity contribution in [3.8, 4) is 0 Å². The van der Waals surface area contributed by atoms with E-state index in [1.54, 1.807) is 12.1 Å². The molecule has 0 radical (unpaired) electrons. The normalized spacial score (nSPS) is 10.7. The van der Waals surface area contributed by atoms with Crippen LogP contribution in [-0.2, 0) is 0 Å². The predicted octanol–water partition coefficient (Wildman–Crippen LogP) is 3.27. The number of carboxylic acids is 1. The third-order valence-electron chi connectivity index (χ3n) is 2.60. The zero-order chi connectivity index (χ0) is 14.1. The van der Waals surface area contributed by atoms with Crippen molar-refractivity contribution in [1.82, 2.24) is 9.97 Å². The first-order chi connectivity index (χ1) is 9.61. The van der Waals surface area contributed by atoms with E-state index in [1.165, 1.54) is 29.5 Å². The number of halogens is 1. The van der Waals surface area contributed by atoms with Gasteiger partial charge in [0.15, 0.2) is 5.13 Å². The fraction of sp³-hybridized carbons (Fsp3) is 0. The highest BCUT2D eigenvalue weighted by Crippen LogP contribution is 2.28. The topological polar surface area (TPSA) is 75.1 Å². The van der Waals surface area contributed by atoms with Crippen LogP contribution in [0.2, 0.25) is 0 Å². The quantitative estimate of drug-likeness (QED) is 0.774. The summed E-state index contributed by atoms with van der Waals surface area (Å²) in [5.74, 6) is -0.912. The number of rotatable bonds is 3. The van der Waals surface area contributed by atoms with Gasteiger partial charge in [-0.1, -0.05) is 11.3 Å². The van der Waals surface area contributed by atoms with Gasteiger partial charge in [0.25, 0.3) is 0 Å². The van der Waals surface area contributed by atoms with E-state index in [4.69, 9.17) is 5.11 Å². The number of thiazole rings is 1. The maximum atomic E-state index is 12.8. The molecule has 2 heterocycles. The van der Waals surface area contributed by atoms with Gasteiger partial charge in [0, 0.05) is 0 Å². The van der Waals surface area contributed by atoms with Gasteiger partial charge < -0.3 is 10.4 Å². The van der Waals surface area contributed by atoms with E-state index in [0.29, 0.717) is 16.5 Å². The second-order valence-corrected chi connectivity index (χ2v) is 5.02. The average molecular weight is 289 g/mol. The molecule has 2 aromatic heterocycles. The summed E-state index contributed by atoms with van der Waals surface area (Å²) in [4.78, 5) is 19.1. The summed E-state index contributed by atoms with van der Waals surface area (Å²) >= 11 is 1.31. The van der Waals surface area contributed by atoms with E-state index in [1.807, 2.05) is 0 Å². The molecular formula is C13H8FN3O2S. The second-order valence-electron chi connectivity index (χ2n) is 3.99. The highest BCUT2D eigenvalue weighted by molar-refractivity contribution is 7.22. The maximum absolute atomic E-state index is 12.8. The summed E-state index contributed by atoms with van der Waals surface area (Å²) in [6.45, 7) is 0. The largest absolute Gasteiger partial charge is 0.478 e. The van der Waals surface area contributed by atoms with Gasteiger partial charge in [-0.2, -0.15) is 0 Å². The molecule has 3 rings (SSSR count). The Kier molecular flexibility index (Phi) is 3.03. The van der Waals surface area contributed by atoms with Crippen LogP contribution in [0.25, 0.3) is 10.2 Å². The molecule has 0 saturated heterocycles. The summed E-state index contributed by atoms with van der Waals surface area (Å²) in [7, 11) is 0. The first-order valence-corrected chi connectivity index (χ1v) is 6.46. The molecule has 0 saturated carbocycles. The first-order valence-electron chi connectivity index (χ1n) is 5.64. The molecule has 100 valence electrons. The number of carbonyl (C=O) groups is 1. The molecular weight excluding hydrogens is 281 g/mol. The lowest BCUT2D eigenvalue weighted by atomic mass is 10.2. The van der Waals surface area contributed by atoms with Gasteiger partial charge in [-0.15, -0.1) is 0 Å². The highest BCUT2D eigenvalue weighted by atomic mass is 32.1. The molecule has 3 aromatic rings. The van der Waals surface area contributed by atoms with Gasteiger partial charge in [-0.05, 0) is 30.3 Å². The number of fused-ring (bicyclic) bond motifs is 1. The lowest BCUT2D eigenvalue weighted by molar-refractivity contribution is 0.0697. The van der Waals surface area contributed by atoms with Crippen molar-refractivity contribution in [2.24, 2.45) is 0 Å². The molecule has 5 nitrogen and oxygen atoms in total. The van der Waals surface area contributed by atoms with Gasteiger partial charge >= 0.3 is 5.97 Å². The van der Waals surface area contributed by atoms with E-state index < -0.39 is 11.8 Å². The minimum absolute atomic E-state index is 0.215. The summed E-state index contributed by atoms with van der Waals surface area (Å²) in [5.41, 5.74) is 0.914. The number of hydrogen-bond acceptors (Lipinski definition) is 5. The number of benzene rings is 1. The molecule has 0 atom stereocenters. The van der Waals surface area contributed by atoms with Crippen molar-refractivity contribution in [2.75, 3.05) is 5.32 Å². The predicted molar refractivity (Wildman–Crippen MR) is 74.1 cm³/mol. The van der Waals surface area contributed by atoms with Crippen molar-refractivity contribution >= 4 is 38.5 Å². The zero-order valence-corrected chi connectivity index (χ0v) is 10.8. The van der Waals surface area contributed by atoms with Crippen molar-refractivity contribution < 1.29 is 14.3 Å². The molecule has 0 bridgehead atoms. The number of nitrogens with one attached hydrogen (secondary N) is 1. The van der Waals surface area contributed by atoms with Crippen molar-refractivity contribution in [2.45, 2.75) is 0 Å². The molecule has 0 aliphatic carbocycles. The van der Waals surface area contributed by atoms with Crippen LogP contribution in [-0.4, -0.2) is 21.0 Å². The summed E-state index contributed by atoms with van der Waals surface area (Å²) in [5, 5.41) is 12.5. The second kappa shape index (κ2) is 4.86. The maximum Gasteiger partial charge on any atom is 0.335 e. The third-order valence-corrected chi connectivity index (χ3v) is 3.53. The van der Waals surface area contributed by atoms with Crippen LogP contribution >= 0.6 is 11.3 Å². The van der Waals surface area contributed by atoms with Crippen LogP contribution in [0, 0.1) is 5.82 Å². The number of aromatic nitrogens is 2. The number of nitrogens with zero attached hydrogens (tertiary/aromatic N) is 2. The SMILES string of the molecule is O=C(O)c1ccc2nc(Nc3ccc(F)cn3)sc2c1. The van der Waals surface area contributed by atoms with Crippen LogP contribution in [0.1, 0.15) is 10.4 Å². The molecule has 0 aliphatic rings. The molecule has 0 amide bonds. The average Bonchev–Trinajstić information content (AvgIpc) is 2.82. The molecule has 0 spiro atoms. The molecule has 20 heavy (non-hydrogen) atoms. The van der Waals surface area contributed by atoms with Crippen LogP contribution in [0.4, 0.5) is 15.3 Å². The lowest BCUT2D eigenvalue weighted by Crippen LogP contribution is -1.94. The fourth-order valence-electron chi connectivity index (χ4n) is 1.67. The zero-order valence-electron chi connectivity index (χ0n) is 10.0. The van der Waals surface area contributed by atoms with E-state index >= 15 is 0 Å². The van der Waals surface area contributed by atoms with E-state index in [0.717, 1.165) is 10.9 Å². The molecule has 0 unspecified atom stereocenters. The number of aromatic carboxylic acids is 1. The van der Waals surface area contributed by atoms with Gasteiger partial charge in [0.2, 0.25) is 0 Å². The monoisotopic (exact) mass is 289 g/mol. The standard InChI is InChI=1S/C13H8FN3O2S/c14-8-2-4-11(15-6-8)17-13-16-9-3-1-7(12(18)19)5-10(9)20-13/h1-6H,(H,18,19)(H,15,16,17). The Hall–Kier alpha value is -2.54. The fourth-order valence-corrected chi connectivity index (χ4v) is 2.58. The van der Waals surface area contributed by atoms with Gasteiger partial charge in [0.1, 0.15) is 11.6 Å². The lowest BCUT2D eigenvalue weighted by Gasteiger charge is -1.99. The summed E-state index contributed by atoms with van der Waals surface area (Å²) < 4.78 is 13.5. The Balaban J connectivity index is 1.92. The van der Waals surface area contributed by atoms with Crippen molar-refractivity contribution in [3.05, 3.63) is 47.9 Å². The molecule has 2 N–H and O–H groups in total. The molecule has 0 fully saturated rings. The molecule has 7 heteroatoms. The van der Waals surface area contributed by atoms with Crippen LogP contribution in [0.5, 0.6) is 0 Å². The molecule has 1 aromatic carbocycles. The Morgan fingerprint density at radius 2 is 2.15 bits per heavy atom.